The van der Waals surface area contributed by atoms with Gasteiger partial charge in [-0.1, -0.05) is 0 Å². The first-order valence-electron chi connectivity index (χ1n) is 7.24. The van der Waals surface area contributed by atoms with E-state index in [0.29, 0.717) is 0 Å². The number of methoxy groups -OCH3 is 2. The molecule has 1 N–H and O–H groups in total. The Morgan fingerprint density at radius 2 is 1.84 bits per heavy atom. The molecule has 9 heteroatoms. The van der Waals surface area contributed by atoms with Crippen LogP contribution in [0.1, 0.15) is 26.3 Å². The zero-order valence-electron chi connectivity index (χ0n) is 13.6. The monoisotopic (exact) mass is 346 g/mol. The summed E-state index contributed by atoms with van der Waals surface area (Å²) in [6.45, 7) is 0. The molecule has 0 aromatic heterocycles. The summed E-state index contributed by atoms with van der Waals surface area (Å²) in [5.41, 5.74) is -1.62. The zero-order valence-corrected chi connectivity index (χ0v) is 13.6. The predicted octanol–water partition coefficient (Wildman–Crippen LogP) is -0.800. The minimum Gasteiger partial charge on any atom is -0.468 e. The molecule has 0 radical (unpaired) electrons. The van der Waals surface area contributed by atoms with E-state index in [1.54, 1.807) is 0 Å². The molecule has 0 saturated carbocycles. The number of rotatable bonds is 2. The number of carbonyl (C=O) groups is 5. The SMILES string of the molecule is COC(=O)c1ccc2c(c1)C1(C(=O)NC(=O)C1C(=O)OC)N(C)C2=O. The molecule has 2 aliphatic rings. The maximum Gasteiger partial charge on any atom is 0.337 e. The smallest absolute Gasteiger partial charge is 0.337 e. The number of likely N-dealkylation sites (N-methyl/N-ethyl adjacent to an activating group) is 1. The summed E-state index contributed by atoms with van der Waals surface area (Å²) >= 11 is 0. The predicted molar refractivity (Wildman–Crippen MR) is 80.2 cm³/mol. The molecule has 130 valence electrons. The van der Waals surface area contributed by atoms with Crippen molar-refractivity contribution in [1.29, 1.82) is 0 Å². The molecule has 2 aliphatic heterocycles. The highest BCUT2D eigenvalue weighted by Crippen LogP contribution is 2.47. The first kappa shape index (κ1) is 16.6. The minimum atomic E-state index is -1.90. The number of benzene rings is 1. The Balaban J connectivity index is 2.31. The van der Waals surface area contributed by atoms with Gasteiger partial charge >= 0.3 is 11.9 Å². The number of imide groups is 1. The third-order valence-electron chi connectivity index (χ3n) is 4.62. The molecular weight excluding hydrogens is 332 g/mol. The highest BCUT2D eigenvalue weighted by molar-refractivity contribution is 6.22. The average molecular weight is 346 g/mol. The summed E-state index contributed by atoms with van der Waals surface area (Å²) in [6, 6.07) is 4.02. The summed E-state index contributed by atoms with van der Waals surface area (Å²) in [5.74, 6) is -5.46. The van der Waals surface area contributed by atoms with Gasteiger partial charge in [0.05, 0.1) is 19.8 Å². The fraction of sp³-hybridized carbons (Fsp3) is 0.312. The van der Waals surface area contributed by atoms with Gasteiger partial charge < -0.3 is 14.4 Å². The van der Waals surface area contributed by atoms with Gasteiger partial charge in [0.15, 0.2) is 11.5 Å². The van der Waals surface area contributed by atoms with Crippen molar-refractivity contribution in [3.63, 3.8) is 0 Å². The van der Waals surface area contributed by atoms with E-state index in [2.05, 4.69) is 14.8 Å². The second-order valence-corrected chi connectivity index (χ2v) is 5.66. The first-order chi connectivity index (χ1) is 11.8. The van der Waals surface area contributed by atoms with Crippen molar-refractivity contribution in [2.45, 2.75) is 5.54 Å². The quantitative estimate of drug-likeness (QED) is 0.423. The highest BCUT2D eigenvalue weighted by atomic mass is 16.5. The zero-order chi connectivity index (χ0) is 18.5. The Labute approximate surface area is 141 Å². The van der Waals surface area contributed by atoms with Crippen molar-refractivity contribution in [3.8, 4) is 0 Å². The van der Waals surface area contributed by atoms with Crippen LogP contribution in [0, 0.1) is 5.92 Å². The second kappa shape index (κ2) is 5.40. The maximum atomic E-state index is 12.7. The molecule has 9 nitrogen and oxygen atoms in total. The van der Waals surface area contributed by atoms with Gasteiger partial charge in [-0.25, -0.2) is 4.79 Å². The van der Waals surface area contributed by atoms with Crippen LogP contribution in [0.15, 0.2) is 18.2 Å². The van der Waals surface area contributed by atoms with Crippen molar-refractivity contribution in [3.05, 3.63) is 34.9 Å². The summed E-state index contributed by atoms with van der Waals surface area (Å²) in [4.78, 5) is 62.5. The summed E-state index contributed by atoms with van der Waals surface area (Å²) < 4.78 is 9.30. The number of nitrogens with one attached hydrogen (secondary N) is 1. The third kappa shape index (κ3) is 1.92. The third-order valence-corrected chi connectivity index (χ3v) is 4.62. The van der Waals surface area contributed by atoms with Crippen LogP contribution in [0.2, 0.25) is 0 Å². The molecule has 1 spiro atoms. The van der Waals surface area contributed by atoms with Crippen LogP contribution >= 0.6 is 0 Å². The number of esters is 2. The first-order valence-corrected chi connectivity index (χ1v) is 7.24. The number of amides is 3. The van der Waals surface area contributed by atoms with Gasteiger partial charge in [-0.3, -0.25) is 24.5 Å². The molecule has 3 amide bonds. The van der Waals surface area contributed by atoms with E-state index in [0.717, 1.165) is 12.0 Å². The number of hydrogen-bond donors (Lipinski definition) is 1. The molecule has 1 aromatic carbocycles. The van der Waals surface area contributed by atoms with E-state index in [1.807, 2.05) is 0 Å². The van der Waals surface area contributed by atoms with Gasteiger partial charge in [0.1, 0.15) is 0 Å². The standard InChI is InChI=1S/C16H14N2O7/c1-18-12(20)8-5-4-7(13(21)24-2)6-9(8)16(18)10(14(22)25-3)11(19)17-15(16)23/h4-6,10H,1-3H3,(H,17,19,23). The molecule has 0 aliphatic carbocycles. The van der Waals surface area contributed by atoms with E-state index in [-0.39, 0.29) is 16.7 Å². The van der Waals surface area contributed by atoms with Crippen LogP contribution in [-0.4, -0.2) is 55.8 Å². The number of nitrogens with zero attached hydrogens (tertiary/aromatic N) is 1. The molecule has 2 heterocycles. The minimum absolute atomic E-state index is 0.0829. The fourth-order valence-electron chi connectivity index (χ4n) is 3.43. The Hall–Kier alpha value is -3.23. The van der Waals surface area contributed by atoms with Crippen LogP contribution in [0.4, 0.5) is 0 Å². The lowest BCUT2D eigenvalue weighted by atomic mass is 9.79. The number of fused-ring (bicyclic) bond motifs is 2. The molecule has 3 rings (SSSR count). The number of carbonyl (C=O) groups excluding carboxylic acids is 5. The lowest BCUT2D eigenvalue weighted by Crippen LogP contribution is -2.53. The second-order valence-electron chi connectivity index (χ2n) is 5.66. The van der Waals surface area contributed by atoms with Gasteiger partial charge in [0.25, 0.3) is 11.8 Å². The molecule has 1 saturated heterocycles. The lowest BCUT2D eigenvalue weighted by Gasteiger charge is -2.33. The molecule has 1 fully saturated rings. The molecule has 2 atom stereocenters. The van der Waals surface area contributed by atoms with Crippen molar-refractivity contribution >= 4 is 29.7 Å². The van der Waals surface area contributed by atoms with E-state index in [9.17, 15) is 24.0 Å². The van der Waals surface area contributed by atoms with Gasteiger partial charge in [0, 0.05) is 18.2 Å². The van der Waals surface area contributed by atoms with E-state index >= 15 is 0 Å². The summed E-state index contributed by atoms with van der Waals surface area (Å²) in [5, 5.41) is 2.08. The highest BCUT2D eigenvalue weighted by Gasteiger charge is 2.67. The van der Waals surface area contributed by atoms with Crippen LogP contribution in [0.5, 0.6) is 0 Å². The Morgan fingerprint density at radius 1 is 1.16 bits per heavy atom. The van der Waals surface area contributed by atoms with E-state index in [1.165, 1.54) is 32.4 Å². The van der Waals surface area contributed by atoms with Gasteiger partial charge in [0.2, 0.25) is 5.91 Å². The van der Waals surface area contributed by atoms with Gasteiger partial charge in [-0.05, 0) is 18.2 Å². The molecule has 25 heavy (non-hydrogen) atoms. The summed E-state index contributed by atoms with van der Waals surface area (Å²) in [6.07, 6.45) is 0. The lowest BCUT2D eigenvalue weighted by molar-refractivity contribution is -0.154. The van der Waals surface area contributed by atoms with Crippen molar-refractivity contribution in [1.82, 2.24) is 10.2 Å². The molecule has 0 bridgehead atoms. The van der Waals surface area contributed by atoms with Gasteiger partial charge in [-0.2, -0.15) is 0 Å². The normalized spacial score (nSPS) is 24.4. The van der Waals surface area contributed by atoms with Crippen LogP contribution < -0.4 is 5.32 Å². The molecular formula is C16H14N2O7. The largest absolute Gasteiger partial charge is 0.468 e. The molecule has 1 aromatic rings. The van der Waals surface area contributed by atoms with Gasteiger partial charge in [-0.15, -0.1) is 0 Å². The van der Waals surface area contributed by atoms with Crippen LogP contribution in [0.3, 0.4) is 0 Å². The van der Waals surface area contributed by atoms with Crippen molar-refractivity contribution in [2.75, 3.05) is 21.3 Å². The Kier molecular flexibility index (Phi) is 3.59. The van der Waals surface area contributed by atoms with E-state index < -0.39 is 41.1 Å². The van der Waals surface area contributed by atoms with Crippen molar-refractivity contribution < 1.29 is 33.4 Å². The van der Waals surface area contributed by atoms with Crippen LogP contribution in [-0.2, 0) is 29.4 Å². The molecule has 2 unspecified atom stereocenters. The maximum absolute atomic E-state index is 12.7. The summed E-state index contributed by atoms with van der Waals surface area (Å²) in [7, 11) is 3.58. The van der Waals surface area contributed by atoms with E-state index in [4.69, 9.17) is 0 Å². The fourth-order valence-corrected chi connectivity index (χ4v) is 3.43. The van der Waals surface area contributed by atoms with Crippen LogP contribution in [0.25, 0.3) is 0 Å². The Bertz CT molecular complexity index is 847. The Morgan fingerprint density at radius 3 is 2.44 bits per heavy atom. The van der Waals surface area contributed by atoms with Crippen molar-refractivity contribution in [2.24, 2.45) is 5.92 Å². The number of ether oxygens (including phenoxy) is 2. The topological polar surface area (TPSA) is 119 Å². The number of hydrogen-bond acceptors (Lipinski definition) is 7. The average Bonchev–Trinajstić information content (AvgIpc) is 3.00.